The molecular weight excluding hydrogens is 1150 g/mol. The van der Waals surface area contributed by atoms with Crippen LogP contribution >= 0.6 is 0 Å². The number of nitrogens with zero attached hydrogens (tertiary/aromatic N) is 6. The van der Waals surface area contributed by atoms with Gasteiger partial charge in [-0.3, -0.25) is 0 Å². The van der Waals surface area contributed by atoms with Gasteiger partial charge in [0, 0.05) is 106 Å². The molecule has 0 N–H and O–H groups in total. The highest BCUT2D eigenvalue weighted by Gasteiger charge is 2.21. The summed E-state index contributed by atoms with van der Waals surface area (Å²) in [6.07, 6.45) is 12.5. The van der Waals surface area contributed by atoms with Crippen LogP contribution < -0.4 is 27.4 Å². The molecule has 0 aliphatic heterocycles. The number of hydrogen-bond acceptors (Lipinski definition) is 0. The van der Waals surface area contributed by atoms with Crippen LogP contribution in [0.15, 0.2) is 225 Å². The Balaban J connectivity index is 0.000000166. The van der Waals surface area contributed by atoms with Crippen LogP contribution in [0.1, 0.15) is 98.7 Å². The van der Waals surface area contributed by atoms with E-state index in [1.54, 1.807) is 12.3 Å². The van der Waals surface area contributed by atoms with Gasteiger partial charge in [0.2, 0.25) is 34.2 Å². The van der Waals surface area contributed by atoms with Crippen LogP contribution in [-0.2, 0) is 42.3 Å². The van der Waals surface area contributed by atoms with Crippen LogP contribution in [0.25, 0.3) is 67.5 Å². The van der Waals surface area contributed by atoms with Crippen LogP contribution in [0.5, 0.6) is 0 Å². The summed E-state index contributed by atoms with van der Waals surface area (Å²) >= 11 is 0. The largest absolute Gasteiger partial charge is 0.215 e. The minimum absolute atomic E-state index is 0.363. The lowest BCUT2D eigenvalue weighted by atomic mass is 9.97. The summed E-state index contributed by atoms with van der Waals surface area (Å²) in [5, 5.41) is 0. The van der Waals surface area contributed by atoms with Crippen molar-refractivity contribution in [2.75, 3.05) is 0 Å². The third-order valence-corrected chi connectivity index (χ3v) is 18.4. The first kappa shape index (κ1) is 68.1. The molecule has 0 spiro atoms. The molecule has 0 saturated heterocycles. The van der Waals surface area contributed by atoms with Gasteiger partial charge in [0.05, 0.1) is 0 Å². The fourth-order valence-corrected chi connectivity index (χ4v) is 12.6. The monoisotopic (exact) mass is 1260 g/mol. The van der Waals surface area contributed by atoms with Crippen molar-refractivity contribution >= 4 is 0 Å². The molecule has 6 heterocycles. The molecule has 0 unspecified atom stereocenters. The number of aromatic nitrogens is 6. The molecule has 12 rings (SSSR count). The fourth-order valence-electron chi connectivity index (χ4n) is 12.6. The van der Waals surface area contributed by atoms with Crippen molar-refractivity contribution in [2.45, 2.75) is 118 Å². The van der Waals surface area contributed by atoms with Crippen molar-refractivity contribution in [1.82, 2.24) is 0 Å². The summed E-state index contributed by atoms with van der Waals surface area (Å²) in [4.78, 5) is 0. The van der Waals surface area contributed by atoms with Gasteiger partial charge >= 0.3 is 0 Å². The molecule has 0 aliphatic carbocycles. The highest BCUT2D eigenvalue weighted by molar-refractivity contribution is 5.68. The second-order valence-electron chi connectivity index (χ2n) is 25.9. The number of pyridine rings is 6. The zero-order valence-electron chi connectivity index (χ0n) is 64.0. The van der Waals surface area contributed by atoms with Crippen LogP contribution in [-0.4, -0.2) is 0 Å². The molecule has 486 valence electrons. The first-order valence-corrected chi connectivity index (χ1v) is 33.1. The Morgan fingerprint density at radius 3 is 1.03 bits per heavy atom. The summed E-state index contributed by atoms with van der Waals surface area (Å²) in [7, 11) is 12.4. The van der Waals surface area contributed by atoms with E-state index in [0.717, 1.165) is 11.3 Å². The maximum absolute atomic E-state index is 7.41. The van der Waals surface area contributed by atoms with Gasteiger partial charge < -0.3 is 0 Å². The minimum atomic E-state index is -2.05. The van der Waals surface area contributed by atoms with Crippen molar-refractivity contribution in [2.24, 2.45) is 42.3 Å². The van der Waals surface area contributed by atoms with Crippen molar-refractivity contribution < 1.29 is 31.5 Å². The van der Waals surface area contributed by atoms with Crippen molar-refractivity contribution in [3.05, 3.63) is 320 Å². The predicted octanol–water partition coefficient (Wildman–Crippen LogP) is 18.3. The molecule has 0 amide bonds. The van der Waals surface area contributed by atoms with Crippen LogP contribution in [0.2, 0.25) is 0 Å². The van der Waals surface area contributed by atoms with Crippen molar-refractivity contribution in [1.29, 1.82) is 0 Å². The Labute approximate surface area is 575 Å². The first-order chi connectivity index (χ1) is 46.4. The molecule has 95 heavy (non-hydrogen) atoms. The maximum atomic E-state index is 7.41. The van der Waals surface area contributed by atoms with E-state index >= 15 is 0 Å². The van der Waals surface area contributed by atoms with E-state index in [-0.39, 0.29) is 0 Å². The van der Waals surface area contributed by atoms with E-state index < -0.39 is 6.85 Å². The second kappa shape index (κ2) is 33.4. The Kier molecular flexibility index (Phi) is 23.9. The molecule has 0 fully saturated rings. The fraction of sp³-hybridized carbons (Fsp3) is 0.258. The molecular formula is C89H106N6+6. The maximum Gasteiger partial charge on any atom is 0.215 e. The highest BCUT2D eigenvalue weighted by atomic mass is 14.9. The van der Waals surface area contributed by atoms with E-state index in [1.807, 2.05) is 48.9 Å². The first-order valence-electron chi connectivity index (χ1n) is 34.6. The van der Waals surface area contributed by atoms with Crippen LogP contribution in [0.4, 0.5) is 0 Å². The third kappa shape index (κ3) is 18.3. The summed E-state index contributed by atoms with van der Waals surface area (Å²) in [5.74, 6) is 0. The molecule has 0 bridgehead atoms. The molecule has 12 aromatic rings. The smallest absolute Gasteiger partial charge is 0.201 e. The summed E-state index contributed by atoms with van der Waals surface area (Å²) in [6, 6.07) is 65.2. The molecule has 0 atom stereocenters. The van der Waals surface area contributed by atoms with Crippen molar-refractivity contribution in [3.8, 4) is 67.5 Å². The standard InChI is InChI=1S/C16H20N.3C15H18N.2C14H16N/c1-11-8-6-7-9-15(11)16-14(4)13(3)12(2)10-17(16)5;1-11-9-13(3)15(16(4)10-11)14-8-6-5-7-12(14)2;1-11-7-5-6-8-14(11)15-9-12(2)13(3)10-16(15)4;1-11-9-10-16(4)15(13(11)3)14-8-6-5-7-12(14)2;1-11-7-4-5-9-13(11)14-12(2)8-6-10-15(14)3;1-11-8-9-14(15(3)10-11)13-7-5-4-6-12(13)2/h6-10H,1-5H3;3*5-10H,1-4H3;2*4-10H,1-3H3/q6*+1/i;;;;;1D3. The predicted molar refractivity (Wildman–Crippen MR) is 399 cm³/mol. The molecule has 0 saturated carbocycles. The Morgan fingerprint density at radius 1 is 0.221 bits per heavy atom. The van der Waals surface area contributed by atoms with E-state index in [9.17, 15) is 0 Å². The average Bonchev–Trinajstić information content (AvgIpc) is 0.818. The summed E-state index contributed by atoms with van der Waals surface area (Å²) < 4.78 is 35.1. The van der Waals surface area contributed by atoms with E-state index in [2.05, 4.69) is 345 Å². The minimum Gasteiger partial charge on any atom is -0.201 e. The lowest BCUT2D eigenvalue weighted by Gasteiger charge is -2.10. The van der Waals surface area contributed by atoms with Crippen molar-refractivity contribution in [3.63, 3.8) is 0 Å². The van der Waals surface area contributed by atoms with E-state index in [1.165, 1.54) is 145 Å². The number of rotatable bonds is 6. The normalized spacial score (nSPS) is 11.1. The highest BCUT2D eigenvalue weighted by Crippen LogP contribution is 2.29. The second-order valence-corrected chi connectivity index (χ2v) is 25.9. The van der Waals surface area contributed by atoms with Gasteiger partial charge in [-0.15, -0.1) is 0 Å². The molecule has 0 aliphatic rings. The molecule has 6 aromatic heterocycles. The zero-order chi connectivity index (χ0) is 71.9. The van der Waals surface area contributed by atoms with Crippen LogP contribution in [0.3, 0.4) is 0 Å². The number of aryl methyl sites for hydroxylation is 20. The lowest BCUT2D eigenvalue weighted by molar-refractivity contribution is -0.661. The Bertz CT molecular complexity index is 4720. The lowest BCUT2D eigenvalue weighted by Crippen LogP contribution is -2.33. The van der Waals surface area contributed by atoms with Gasteiger partial charge in [0.25, 0.3) is 0 Å². The van der Waals surface area contributed by atoms with Gasteiger partial charge in [-0.25, -0.2) is 27.4 Å². The molecule has 6 nitrogen and oxygen atoms in total. The third-order valence-electron chi connectivity index (χ3n) is 18.4. The average molecular weight is 1260 g/mol. The summed E-state index contributed by atoms with van der Waals surface area (Å²) in [5.41, 5.74) is 36.9. The molecule has 0 radical (unpaired) electrons. The van der Waals surface area contributed by atoms with E-state index in [4.69, 9.17) is 4.11 Å². The van der Waals surface area contributed by atoms with Crippen LogP contribution in [0, 0.1) is 118 Å². The Hall–Kier alpha value is -9.78. The van der Waals surface area contributed by atoms with Gasteiger partial charge in [-0.2, -0.15) is 0 Å². The number of hydrogen-bond donors (Lipinski definition) is 0. The van der Waals surface area contributed by atoms with Gasteiger partial charge in [-0.1, -0.05) is 109 Å². The van der Waals surface area contributed by atoms with Gasteiger partial charge in [0.1, 0.15) is 42.3 Å². The zero-order valence-corrected chi connectivity index (χ0v) is 61.0. The molecule has 6 heteroatoms. The van der Waals surface area contributed by atoms with Gasteiger partial charge in [-0.05, 0) is 222 Å². The van der Waals surface area contributed by atoms with Gasteiger partial charge in [0.15, 0.2) is 37.2 Å². The van der Waals surface area contributed by atoms with E-state index in [0.29, 0.717) is 5.56 Å². The topological polar surface area (TPSA) is 23.3 Å². The SMILES string of the molecule is Cc1cc(-c2ccccc2C)[n+](C)cc1C.Cc1cc(C)c(-c2ccccc2C)[n+](C)c1.Cc1ccccc1-c1c(C)c(C)c(C)c[n+]1C.Cc1ccccc1-c1c(C)c(C)cc[n+]1C.Cc1ccccc1-c1c(C)ccc[n+]1C.[2H]C([2H])([2H])c1ccc(-c2ccccc2C)[n+](C)c1. The molecule has 6 aromatic carbocycles. The summed E-state index contributed by atoms with van der Waals surface area (Å²) in [6.45, 7) is 32.5. The quantitative estimate of drug-likeness (QED) is 0.148. The Morgan fingerprint density at radius 2 is 0.589 bits per heavy atom. The number of benzene rings is 6.